The van der Waals surface area contributed by atoms with Gasteiger partial charge in [-0.3, -0.25) is 0 Å². The minimum atomic E-state index is -0.312. The van der Waals surface area contributed by atoms with E-state index in [-0.39, 0.29) is 5.82 Å². The van der Waals surface area contributed by atoms with Crippen LogP contribution in [0, 0.1) is 5.82 Å². The van der Waals surface area contributed by atoms with E-state index >= 15 is 0 Å². The molecule has 0 nitrogen and oxygen atoms in total. The van der Waals surface area contributed by atoms with E-state index in [0.29, 0.717) is 16.5 Å². The third-order valence-corrected chi connectivity index (χ3v) is 2.53. The molecule has 0 radical (unpaired) electrons. The van der Waals surface area contributed by atoms with Crippen LogP contribution >= 0.6 is 23.2 Å². The second kappa shape index (κ2) is 5.38. The lowest BCUT2D eigenvalue weighted by Gasteiger charge is -2.01. The zero-order valence-electron chi connectivity index (χ0n) is 7.86. The van der Waals surface area contributed by atoms with E-state index in [9.17, 15) is 4.39 Å². The summed E-state index contributed by atoms with van der Waals surface area (Å²) in [5, 5.41) is 0.406. The Morgan fingerprint density at radius 2 is 2.21 bits per heavy atom. The number of alkyl halides is 1. The molecule has 0 bridgehead atoms. The zero-order chi connectivity index (χ0) is 10.6. The molecule has 0 N–H and O–H groups in total. The molecule has 0 saturated carbocycles. The van der Waals surface area contributed by atoms with Crippen LogP contribution < -0.4 is 0 Å². The van der Waals surface area contributed by atoms with Crippen molar-refractivity contribution in [2.45, 2.75) is 13.3 Å². The van der Waals surface area contributed by atoms with Gasteiger partial charge in [0.25, 0.3) is 0 Å². The SMILES string of the molecule is CC/C(=C/c1ccc(Cl)cc1F)CCl. The fourth-order valence-electron chi connectivity index (χ4n) is 1.07. The molecule has 0 aliphatic heterocycles. The summed E-state index contributed by atoms with van der Waals surface area (Å²) >= 11 is 11.3. The average molecular weight is 233 g/mol. The molecule has 1 aromatic rings. The molecule has 76 valence electrons. The van der Waals surface area contributed by atoms with Crippen LogP contribution in [0.15, 0.2) is 23.8 Å². The van der Waals surface area contributed by atoms with Crippen molar-refractivity contribution in [3.63, 3.8) is 0 Å². The summed E-state index contributed by atoms with van der Waals surface area (Å²) in [6.07, 6.45) is 2.59. The summed E-state index contributed by atoms with van der Waals surface area (Å²) in [6, 6.07) is 4.62. The van der Waals surface area contributed by atoms with E-state index in [2.05, 4.69) is 0 Å². The van der Waals surface area contributed by atoms with E-state index in [1.807, 2.05) is 6.92 Å². The third kappa shape index (κ3) is 3.00. The van der Waals surface area contributed by atoms with Gasteiger partial charge in [0, 0.05) is 16.5 Å². The standard InChI is InChI=1S/C11H11Cl2F/c1-2-8(7-12)5-9-3-4-10(13)6-11(9)14/h3-6H,2,7H2,1H3/b8-5-. The van der Waals surface area contributed by atoms with Gasteiger partial charge in [0.15, 0.2) is 0 Å². The van der Waals surface area contributed by atoms with Crippen molar-refractivity contribution in [1.82, 2.24) is 0 Å². The minimum absolute atomic E-state index is 0.312. The van der Waals surface area contributed by atoms with Crippen molar-refractivity contribution in [3.8, 4) is 0 Å². The number of allylic oxidation sites excluding steroid dienone is 1. The first-order chi connectivity index (χ1) is 6.67. The highest BCUT2D eigenvalue weighted by Crippen LogP contribution is 2.18. The molecule has 0 spiro atoms. The first-order valence-electron chi connectivity index (χ1n) is 4.37. The van der Waals surface area contributed by atoms with Gasteiger partial charge in [-0.05, 0) is 18.6 Å². The Morgan fingerprint density at radius 1 is 1.50 bits per heavy atom. The molecule has 0 aliphatic carbocycles. The Balaban J connectivity index is 3.02. The van der Waals surface area contributed by atoms with Crippen LogP contribution in [-0.2, 0) is 0 Å². The van der Waals surface area contributed by atoms with Crippen LogP contribution in [0.2, 0.25) is 5.02 Å². The van der Waals surface area contributed by atoms with E-state index in [1.165, 1.54) is 6.07 Å². The van der Waals surface area contributed by atoms with Crippen LogP contribution in [0.1, 0.15) is 18.9 Å². The number of rotatable bonds is 3. The summed E-state index contributed by atoms with van der Waals surface area (Å²) < 4.78 is 13.3. The molecule has 14 heavy (non-hydrogen) atoms. The van der Waals surface area contributed by atoms with Gasteiger partial charge in [0.1, 0.15) is 5.82 Å². The van der Waals surface area contributed by atoms with Crippen molar-refractivity contribution >= 4 is 29.3 Å². The molecule has 0 unspecified atom stereocenters. The molecular formula is C11H11Cl2F. The average Bonchev–Trinajstić information content (AvgIpc) is 2.17. The first-order valence-corrected chi connectivity index (χ1v) is 5.29. The van der Waals surface area contributed by atoms with Crippen molar-refractivity contribution in [3.05, 3.63) is 40.2 Å². The van der Waals surface area contributed by atoms with Gasteiger partial charge in [-0.15, -0.1) is 11.6 Å². The van der Waals surface area contributed by atoms with Crippen LogP contribution in [0.4, 0.5) is 4.39 Å². The summed E-state index contributed by atoms with van der Waals surface area (Å²) in [5.74, 6) is 0.118. The maximum atomic E-state index is 13.3. The fourth-order valence-corrected chi connectivity index (χ4v) is 1.50. The predicted octanol–water partition coefficient (Wildman–Crippen LogP) is 4.51. The third-order valence-electron chi connectivity index (χ3n) is 1.95. The van der Waals surface area contributed by atoms with E-state index in [4.69, 9.17) is 23.2 Å². The first kappa shape index (κ1) is 11.5. The Morgan fingerprint density at radius 3 is 2.71 bits per heavy atom. The Kier molecular flexibility index (Phi) is 4.43. The van der Waals surface area contributed by atoms with E-state index < -0.39 is 0 Å². The predicted molar refractivity (Wildman–Crippen MR) is 60.4 cm³/mol. The van der Waals surface area contributed by atoms with Crippen LogP contribution in [-0.4, -0.2) is 5.88 Å². The van der Waals surface area contributed by atoms with Crippen LogP contribution in [0.25, 0.3) is 6.08 Å². The lowest BCUT2D eigenvalue weighted by atomic mass is 10.1. The molecule has 0 saturated heterocycles. The fraction of sp³-hybridized carbons (Fsp3) is 0.273. The Hall–Kier alpha value is -0.530. The highest BCUT2D eigenvalue weighted by molar-refractivity contribution is 6.30. The molecule has 0 amide bonds. The quantitative estimate of drug-likeness (QED) is 0.673. The van der Waals surface area contributed by atoms with Crippen molar-refractivity contribution in [2.75, 3.05) is 5.88 Å². The van der Waals surface area contributed by atoms with Crippen molar-refractivity contribution in [1.29, 1.82) is 0 Å². The van der Waals surface area contributed by atoms with Crippen molar-refractivity contribution in [2.24, 2.45) is 0 Å². The summed E-state index contributed by atoms with van der Waals surface area (Å²) in [5.41, 5.74) is 1.54. The number of benzene rings is 1. The maximum absolute atomic E-state index is 13.3. The molecule has 1 rings (SSSR count). The monoisotopic (exact) mass is 232 g/mol. The van der Waals surface area contributed by atoms with Crippen LogP contribution in [0.5, 0.6) is 0 Å². The van der Waals surface area contributed by atoms with Crippen molar-refractivity contribution < 1.29 is 4.39 Å². The number of hydrogen-bond donors (Lipinski definition) is 0. The second-order valence-corrected chi connectivity index (χ2v) is 3.66. The highest BCUT2D eigenvalue weighted by Gasteiger charge is 2.01. The Labute approximate surface area is 93.3 Å². The summed E-state index contributed by atoms with van der Waals surface area (Å²) in [6.45, 7) is 1.99. The smallest absolute Gasteiger partial charge is 0.131 e. The van der Waals surface area contributed by atoms with Gasteiger partial charge in [-0.2, -0.15) is 0 Å². The second-order valence-electron chi connectivity index (χ2n) is 2.96. The molecule has 0 aromatic heterocycles. The lowest BCUT2D eigenvalue weighted by Crippen LogP contribution is -1.86. The topological polar surface area (TPSA) is 0 Å². The normalized spacial score (nSPS) is 11.9. The largest absolute Gasteiger partial charge is 0.206 e. The summed E-state index contributed by atoms with van der Waals surface area (Å²) in [4.78, 5) is 0. The lowest BCUT2D eigenvalue weighted by molar-refractivity contribution is 0.625. The number of hydrogen-bond acceptors (Lipinski definition) is 0. The minimum Gasteiger partial charge on any atom is -0.206 e. The molecular weight excluding hydrogens is 222 g/mol. The number of halogens is 3. The van der Waals surface area contributed by atoms with Gasteiger partial charge >= 0.3 is 0 Å². The highest BCUT2D eigenvalue weighted by atomic mass is 35.5. The molecule has 0 fully saturated rings. The molecule has 0 aliphatic rings. The molecule has 1 aromatic carbocycles. The zero-order valence-corrected chi connectivity index (χ0v) is 9.37. The van der Waals surface area contributed by atoms with Gasteiger partial charge in [0.2, 0.25) is 0 Å². The molecule has 0 atom stereocenters. The van der Waals surface area contributed by atoms with Gasteiger partial charge in [-0.1, -0.05) is 36.2 Å². The van der Waals surface area contributed by atoms with Crippen LogP contribution in [0.3, 0.4) is 0 Å². The summed E-state index contributed by atoms with van der Waals surface area (Å²) in [7, 11) is 0. The van der Waals surface area contributed by atoms with E-state index in [0.717, 1.165) is 12.0 Å². The van der Waals surface area contributed by atoms with Gasteiger partial charge in [0.05, 0.1) is 0 Å². The molecule has 0 heterocycles. The maximum Gasteiger partial charge on any atom is 0.131 e. The molecule has 3 heteroatoms. The van der Waals surface area contributed by atoms with Gasteiger partial charge < -0.3 is 0 Å². The van der Waals surface area contributed by atoms with Gasteiger partial charge in [-0.25, -0.2) is 4.39 Å². The Bertz CT molecular complexity index is 339. The van der Waals surface area contributed by atoms with E-state index in [1.54, 1.807) is 18.2 Å².